The summed E-state index contributed by atoms with van der Waals surface area (Å²) in [6, 6.07) is 5.77. The monoisotopic (exact) mass is 372 g/mol. The number of ether oxygens (including phenoxy) is 2. The quantitative estimate of drug-likeness (QED) is 0.341. The van der Waals surface area contributed by atoms with Crippen LogP contribution in [0.3, 0.4) is 0 Å². The van der Waals surface area contributed by atoms with E-state index in [4.69, 9.17) is 9.47 Å². The van der Waals surface area contributed by atoms with E-state index in [9.17, 15) is 19.7 Å². The third-order valence-electron chi connectivity index (χ3n) is 4.73. The van der Waals surface area contributed by atoms with Gasteiger partial charge in [-0.05, 0) is 43.5 Å². The molecule has 8 nitrogen and oxygen atoms in total. The van der Waals surface area contributed by atoms with Crippen molar-refractivity contribution in [3.05, 3.63) is 56.8 Å². The van der Waals surface area contributed by atoms with Gasteiger partial charge in [-0.3, -0.25) is 14.9 Å². The normalized spacial score (nSPS) is 21.3. The van der Waals surface area contributed by atoms with E-state index in [1.54, 1.807) is 17.9 Å². The fourth-order valence-corrected chi connectivity index (χ4v) is 3.30. The number of nitro groups is 1. The second-order valence-electron chi connectivity index (χ2n) is 6.41. The molecule has 1 fully saturated rings. The number of rotatable bonds is 5. The SMILES string of the molecule is COC(=O)C1=C(C)N(C[C@@H]2CCCO2)C(=O)/C1=C\c1ccc([N+](=O)[O-])cc1. The highest BCUT2D eigenvalue weighted by Gasteiger charge is 2.38. The lowest BCUT2D eigenvalue weighted by Gasteiger charge is -2.21. The Hall–Kier alpha value is -3.00. The Morgan fingerprint density at radius 1 is 1.41 bits per heavy atom. The van der Waals surface area contributed by atoms with Gasteiger partial charge < -0.3 is 14.4 Å². The van der Waals surface area contributed by atoms with E-state index in [-0.39, 0.29) is 28.8 Å². The summed E-state index contributed by atoms with van der Waals surface area (Å²) >= 11 is 0. The number of methoxy groups -OCH3 is 1. The van der Waals surface area contributed by atoms with Gasteiger partial charge in [-0.15, -0.1) is 0 Å². The highest BCUT2D eigenvalue weighted by Crippen LogP contribution is 2.33. The predicted octanol–water partition coefficient (Wildman–Crippen LogP) is 2.45. The molecule has 0 N–H and O–H groups in total. The number of hydrogen-bond acceptors (Lipinski definition) is 6. The van der Waals surface area contributed by atoms with Crippen LogP contribution in [0.5, 0.6) is 0 Å². The predicted molar refractivity (Wildman–Crippen MR) is 96.5 cm³/mol. The average Bonchev–Trinajstić information content (AvgIpc) is 3.25. The Kier molecular flexibility index (Phi) is 5.36. The van der Waals surface area contributed by atoms with Gasteiger partial charge in [0.25, 0.3) is 11.6 Å². The maximum absolute atomic E-state index is 13.0. The molecule has 0 radical (unpaired) electrons. The lowest BCUT2D eigenvalue weighted by Crippen LogP contribution is -2.33. The molecule has 2 aliphatic rings. The first-order chi connectivity index (χ1) is 12.9. The zero-order valence-electron chi connectivity index (χ0n) is 15.1. The number of allylic oxidation sites excluding steroid dienone is 1. The molecule has 1 atom stereocenters. The first-order valence-electron chi connectivity index (χ1n) is 8.61. The van der Waals surface area contributed by atoms with E-state index in [0.717, 1.165) is 12.8 Å². The van der Waals surface area contributed by atoms with Gasteiger partial charge in [-0.25, -0.2) is 4.79 Å². The molecule has 27 heavy (non-hydrogen) atoms. The van der Waals surface area contributed by atoms with Crippen molar-refractivity contribution in [3.8, 4) is 0 Å². The number of non-ortho nitro benzene ring substituents is 1. The molecule has 0 unspecified atom stereocenters. The number of amides is 1. The minimum absolute atomic E-state index is 0.0465. The second-order valence-corrected chi connectivity index (χ2v) is 6.41. The van der Waals surface area contributed by atoms with Gasteiger partial charge in [0, 0.05) is 24.4 Å². The van der Waals surface area contributed by atoms with E-state index < -0.39 is 10.9 Å². The summed E-state index contributed by atoms with van der Waals surface area (Å²) < 4.78 is 10.5. The Bertz CT molecular complexity index is 834. The first kappa shape index (κ1) is 18.8. The molecule has 0 bridgehead atoms. The molecule has 1 amide bonds. The number of nitrogens with zero attached hydrogens (tertiary/aromatic N) is 2. The van der Waals surface area contributed by atoms with Gasteiger partial charge in [0.15, 0.2) is 0 Å². The van der Waals surface area contributed by atoms with Crippen LogP contribution < -0.4 is 0 Å². The minimum Gasteiger partial charge on any atom is -0.465 e. The molecular formula is C19H20N2O6. The summed E-state index contributed by atoms with van der Waals surface area (Å²) in [6.07, 6.45) is 3.32. The molecule has 0 spiro atoms. The van der Waals surface area contributed by atoms with Crippen LogP contribution in [0.15, 0.2) is 41.1 Å². The molecule has 8 heteroatoms. The van der Waals surface area contributed by atoms with Crippen LogP contribution in [0.2, 0.25) is 0 Å². The Balaban J connectivity index is 1.95. The number of benzene rings is 1. The van der Waals surface area contributed by atoms with Crippen LogP contribution in [0.1, 0.15) is 25.3 Å². The molecule has 0 saturated carbocycles. The van der Waals surface area contributed by atoms with E-state index in [0.29, 0.717) is 24.4 Å². The number of esters is 1. The Morgan fingerprint density at radius 2 is 2.11 bits per heavy atom. The highest BCUT2D eigenvalue weighted by molar-refractivity contribution is 6.16. The Labute approximate surface area is 156 Å². The fraction of sp³-hybridized carbons (Fsp3) is 0.368. The highest BCUT2D eigenvalue weighted by atomic mass is 16.6. The summed E-state index contributed by atoms with van der Waals surface area (Å²) in [5, 5.41) is 10.8. The molecule has 0 aromatic heterocycles. The molecule has 142 valence electrons. The number of carbonyl (C=O) groups is 2. The molecule has 1 aromatic carbocycles. The smallest absolute Gasteiger partial charge is 0.340 e. The third-order valence-corrected chi connectivity index (χ3v) is 4.73. The first-order valence-corrected chi connectivity index (χ1v) is 8.61. The molecule has 2 aliphatic heterocycles. The summed E-state index contributed by atoms with van der Waals surface area (Å²) in [5.41, 5.74) is 1.48. The van der Waals surface area contributed by atoms with Gasteiger partial charge in [0.1, 0.15) is 0 Å². The molecule has 2 heterocycles. The van der Waals surface area contributed by atoms with Crippen LogP contribution in [-0.2, 0) is 19.1 Å². The second kappa shape index (κ2) is 7.71. The van der Waals surface area contributed by atoms with Gasteiger partial charge in [-0.1, -0.05) is 0 Å². The van der Waals surface area contributed by atoms with Crippen molar-refractivity contribution >= 4 is 23.6 Å². The van der Waals surface area contributed by atoms with E-state index in [1.807, 2.05) is 0 Å². The molecular weight excluding hydrogens is 352 g/mol. The van der Waals surface area contributed by atoms with Gasteiger partial charge in [0.2, 0.25) is 0 Å². The van der Waals surface area contributed by atoms with Crippen molar-refractivity contribution in [1.82, 2.24) is 4.90 Å². The lowest BCUT2D eigenvalue weighted by atomic mass is 10.0. The van der Waals surface area contributed by atoms with Gasteiger partial charge in [0.05, 0.1) is 35.8 Å². The molecule has 1 saturated heterocycles. The third kappa shape index (κ3) is 3.75. The van der Waals surface area contributed by atoms with Crippen molar-refractivity contribution in [2.75, 3.05) is 20.3 Å². The van der Waals surface area contributed by atoms with Gasteiger partial charge >= 0.3 is 5.97 Å². The van der Waals surface area contributed by atoms with Crippen molar-refractivity contribution in [2.45, 2.75) is 25.9 Å². The molecule has 3 rings (SSSR count). The number of hydrogen-bond donors (Lipinski definition) is 0. The van der Waals surface area contributed by atoms with Crippen molar-refractivity contribution < 1.29 is 24.0 Å². The molecule has 0 aliphatic carbocycles. The maximum atomic E-state index is 13.0. The van der Waals surface area contributed by atoms with Crippen molar-refractivity contribution in [3.63, 3.8) is 0 Å². The Morgan fingerprint density at radius 3 is 2.67 bits per heavy atom. The van der Waals surface area contributed by atoms with Crippen LogP contribution in [0.4, 0.5) is 5.69 Å². The summed E-state index contributed by atoms with van der Waals surface area (Å²) in [4.78, 5) is 37.1. The summed E-state index contributed by atoms with van der Waals surface area (Å²) in [5.74, 6) is -0.898. The maximum Gasteiger partial charge on any atom is 0.340 e. The topological polar surface area (TPSA) is 99.0 Å². The van der Waals surface area contributed by atoms with Crippen molar-refractivity contribution in [1.29, 1.82) is 0 Å². The van der Waals surface area contributed by atoms with E-state index >= 15 is 0 Å². The lowest BCUT2D eigenvalue weighted by molar-refractivity contribution is -0.384. The largest absolute Gasteiger partial charge is 0.465 e. The van der Waals surface area contributed by atoms with E-state index in [1.165, 1.54) is 31.4 Å². The number of carbonyl (C=O) groups excluding carboxylic acids is 2. The zero-order chi connectivity index (χ0) is 19.6. The number of nitro benzene ring substituents is 1. The summed E-state index contributed by atoms with van der Waals surface area (Å²) in [6.45, 7) is 2.75. The van der Waals surface area contributed by atoms with Gasteiger partial charge in [-0.2, -0.15) is 0 Å². The summed E-state index contributed by atoms with van der Waals surface area (Å²) in [7, 11) is 1.26. The van der Waals surface area contributed by atoms with Crippen LogP contribution in [0.25, 0.3) is 6.08 Å². The standard InChI is InChI=1S/C19H20N2O6/c1-12-17(19(23)26-2)16(10-13-5-7-14(8-6-13)21(24)25)18(22)20(12)11-15-4-3-9-27-15/h5-8,10,15H,3-4,9,11H2,1-2H3/b16-10-/t15-/m0/s1. The zero-order valence-corrected chi connectivity index (χ0v) is 15.1. The fourth-order valence-electron chi connectivity index (χ4n) is 3.30. The minimum atomic E-state index is -0.594. The van der Waals surface area contributed by atoms with Crippen LogP contribution in [0, 0.1) is 10.1 Å². The van der Waals surface area contributed by atoms with Crippen LogP contribution in [-0.4, -0.2) is 48.1 Å². The average molecular weight is 372 g/mol. The van der Waals surface area contributed by atoms with E-state index in [2.05, 4.69) is 0 Å². The van der Waals surface area contributed by atoms with Crippen LogP contribution >= 0.6 is 0 Å². The van der Waals surface area contributed by atoms with Crippen molar-refractivity contribution in [2.24, 2.45) is 0 Å². The molecule has 1 aromatic rings.